The number of hydrogen-bond donors (Lipinski definition) is 2. The number of rotatable bonds is 4. The second-order valence-electron chi connectivity index (χ2n) is 4.57. The molecule has 96 valence electrons. The van der Waals surface area contributed by atoms with Crippen LogP contribution in [0.3, 0.4) is 0 Å². The Labute approximate surface area is 104 Å². The lowest BCUT2D eigenvalue weighted by Gasteiger charge is -2.14. The standard InChI is InChI=1S/C13H14FNO3/c1-7(8-3-2-4-9(14)5-8)15-12(16)10-6-11(10)13(17)18/h2-5,7,10-11H,6H2,1H3,(H,15,16)(H,17,18)/t7-,10?,11?/m0/s1. The molecule has 0 bridgehead atoms. The lowest BCUT2D eigenvalue weighted by molar-refractivity contribution is -0.140. The van der Waals surface area contributed by atoms with Gasteiger partial charge in [0.05, 0.1) is 17.9 Å². The average molecular weight is 251 g/mol. The summed E-state index contributed by atoms with van der Waals surface area (Å²) in [5.74, 6) is -2.58. The fourth-order valence-corrected chi connectivity index (χ4v) is 1.94. The maximum absolute atomic E-state index is 13.0. The van der Waals surface area contributed by atoms with Gasteiger partial charge in [0.2, 0.25) is 5.91 Å². The van der Waals surface area contributed by atoms with E-state index in [0.29, 0.717) is 12.0 Å². The first-order valence-electron chi connectivity index (χ1n) is 5.77. The summed E-state index contributed by atoms with van der Waals surface area (Å²) in [7, 11) is 0. The third kappa shape index (κ3) is 2.67. The van der Waals surface area contributed by atoms with E-state index in [1.165, 1.54) is 12.1 Å². The summed E-state index contributed by atoms with van der Waals surface area (Å²) >= 11 is 0. The molecule has 1 aliphatic rings. The van der Waals surface area contributed by atoms with Gasteiger partial charge in [0.15, 0.2) is 0 Å². The molecule has 0 saturated heterocycles. The van der Waals surface area contributed by atoms with E-state index in [9.17, 15) is 14.0 Å². The molecular formula is C13H14FNO3. The summed E-state index contributed by atoms with van der Waals surface area (Å²) < 4.78 is 13.0. The number of amides is 1. The first kappa shape index (κ1) is 12.5. The lowest BCUT2D eigenvalue weighted by atomic mass is 10.1. The van der Waals surface area contributed by atoms with Crippen molar-refractivity contribution < 1.29 is 19.1 Å². The van der Waals surface area contributed by atoms with E-state index in [0.717, 1.165) is 0 Å². The van der Waals surface area contributed by atoms with Crippen LogP contribution >= 0.6 is 0 Å². The molecule has 3 atom stereocenters. The molecule has 0 heterocycles. The SMILES string of the molecule is C[C@H](NC(=O)C1CC1C(=O)O)c1cccc(F)c1. The number of halogens is 1. The molecule has 2 rings (SSSR count). The molecule has 1 aliphatic carbocycles. The molecule has 2 unspecified atom stereocenters. The van der Waals surface area contributed by atoms with Crippen LogP contribution in [-0.4, -0.2) is 17.0 Å². The van der Waals surface area contributed by atoms with Gasteiger partial charge in [-0.2, -0.15) is 0 Å². The smallest absolute Gasteiger partial charge is 0.307 e. The third-order valence-corrected chi connectivity index (χ3v) is 3.15. The molecule has 1 aromatic rings. The van der Waals surface area contributed by atoms with Crippen LogP contribution in [0.25, 0.3) is 0 Å². The Morgan fingerprint density at radius 1 is 1.44 bits per heavy atom. The van der Waals surface area contributed by atoms with E-state index < -0.39 is 17.8 Å². The monoisotopic (exact) mass is 251 g/mol. The van der Waals surface area contributed by atoms with Crippen molar-refractivity contribution in [2.45, 2.75) is 19.4 Å². The Balaban J connectivity index is 1.94. The maximum atomic E-state index is 13.0. The molecule has 2 N–H and O–H groups in total. The van der Waals surface area contributed by atoms with Crippen molar-refractivity contribution in [3.63, 3.8) is 0 Å². The number of aliphatic carboxylic acids is 1. The fourth-order valence-electron chi connectivity index (χ4n) is 1.94. The zero-order valence-electron chi connectivity index (χ0n) is 9.89. The molecule has 1 saturated carbocycles. The van der Waals surface area contributed by atoms with Crippen LogP contribution in [0.4, 0.5) is 4.39 Å². The van der Waals surface area contributed by atoms with E-state index in [1.54, 1.807) is 19.1 Å². The Kier molecular flexibility index (Phi) is 3.32. The van der Waals surface area contributed by atoms with Gasteiger partial charge in [0.25, 0.3) is 0 Å². The minimum Gasteiger partial charge on any atom is -0.481 e. The van der Waals surface area contributed by atoms with Crippen LogP contribution in [0.1, 0.15) is 24.9 Å². The second-order valence-corrected chi connectivity index (χ2v) is 4.57. The molecule has 18 heavy (non-hydrogen) atoms. The van der Waals surface area contributed by atoms with Gasteiger partial charge in [-0.15, -0.1) is 0 Å². The van der Waals surface area contributed by atoms with Gasteiger partial charge in [-0.3, -0.25) is 9.59 Å². The maximum Gasteiger partial charge on any atom is 0.307 e. The van der Waals surface area contributed by atoms with Gasteiger partial charge in [0.1, 0.15) is 5.82 Å². The minimum atomic E-state index is -0.937. The van der Waals surface area contributed by atoms with E-state index in [2.05, 4.69) is 5.32 Å². The highest BCUT2D eigenvalue weighted by atomic mass is 19.1. The first-order valence-corrected chi connectivity index (χ1v) is 5.77. The van der Waals surface area contributed by atoms with Crippen molar-refractivity contribution >= 4 is 11.9 Å². The lowest BCUT2D eigenvalue weighted by Crippen LogP contribution is -2.29. The molecule has 5 heteroatoms. The second kappa shape index (κ2) is 4.76. The normalized spacial score (nSPS) is 23.2. The van der Waals surface area contributed by atoms with Crippen molar-refractivity contribution in [3.05, 3.63) is 35.6 Å². The Hall–Kier alpha value is -1.91. The molecule has 1 fully saturated rings. The van der Waals surface area contributed by atoms with Crippen molar-refractivity contribution in [2.75, 3.05) is 0 Å². The molecular weight excluding hydrogens is 237 g/mol. The number of nitrogens with one attached hydrogen (secondary N) is 1. The Bertz CT molecular complexity index is 489. The molecule has 4 nitrogen and oxygen atoms in total. The zero-order chi connectivity index (χ0) is 13.3. The van der Waals surface area contributed by atoms with E-state index in [4.69, 9.17) is 5.11 Å². The number of benzene rings is 1. The quantitative estimate of drug-likeness (QED) is 0.856. The number of carbonyl (C=O) groups is 2. The first-order chi connectivity index (χ1) is 8.49. The summed E-state index contributed by atoms with van der Waals surface area (Å²) in [5, 5.41) is 11.4. The third-order valence-electron chi connectivity index (χ3n) is 3.15. The summed E-state index contributed by atoms with van der Waals surface area (Å²) in [4.78, 5) is 22.4. The zero-order valence-corrected chi connectivity index (χ0v) is 9.89. The number of carbonyl (C=O) groups excluding carboxylic acids is 1. The van der Waals surface area contributed by atoms with Crippen LogP contribution in [0.15, 0.2) is 24.3 Å². The predicted octanol–water partition coefficient (Wildman–Crippen LogP) is 1.72. The highest BCUT2D eigenvalue weighted by Crippen LogP contribution is 2.39. The Morgan fingerprint density at radius 3 is 2.72 bits per heavy atom. The van der Waals surface area contributed by atoms with Gasteiger partial charge >= 0.3 is 5.97 Å². The van der Waals surface area contributed by atoms with Crippen molar-refractivity contribution in [1.82, 2.24) is 5.32 Å². The molecule has 0 radical (unpaired) electrons. The average Bonchev–Trinajstić information content (AvgIpc) is 3.08. The van der Waals surface area contributed by atoms with E-state index >= 15 is 0 Å². The molecule has 0 aliphatic heterocycles. The van der Waals surface area contributed by atoms with Gasteiger partial charge < -0.3 is 10.4 Å². The highest BCUT2D eigenvalue weighted by molar-refractivity contribution is 5.89. The summed E-state index contributed by atoms with van der Waals surface area (Å²) in [5.41, 5.74) is 0.663. The van der Waals surface area contributed by atoms with Crippen LogP contribution in [0, 0.1) is 17.7 Å². The predicted molar refractivity (Wildman–Crippen MR) is 62.2 cm³/mol. The van der Waals surface area contributed by atoms with Gasteiger partial charge in [0, 0.05) is 0 Å². The molecule has 0 spiro atoms. The van der Waals surface area contributed by atoms with Crippen molar-refractivity contribution in [1.29, 1.82) is 0 Å². The minimum absolute atomic E-state index is 0.279. The molecule has 1 amide bonds. The van der Waals surface area contributed by atoms with Crippen LogP contribution < -0.4 is 5.32 Å². The van der Waals surface area contributed by atoms with E-state index in [1.807, 2.05) is 0 Å². The van der Waals surface area contributed by atoms with Crippen molar-refractivity contribution in [3.8, 4) is 0 Å². The van der Waals surface area contributed by atoms with Crippen LogP contribution in [0.2, 0.25) is 0 Å². The molecule has 0 aromatic heterocycles. The van der Waals surface area contributed by atoms with E-state index in [-0.39, 0.29) is 17.8 Å². The van der Waals surface area contributed by atoms with Crippen LogP contribution in [0.5, 0.6) is 0 Å². The summed E-state index contributed by atoms with van der Waals surface area (Å²) in [6.45, 7) is 1.74. The number of carboxylic acids is 1. The molecule has 1 aromatic carbocycles. The van der Waals surface area contributed by atoms with Gasteiger partial charge in [-0.25, -0.2) is 4.39 Å². The fraction of sp³-hybridized carbons (Fsp3) is 0.385. The van der Waals surface area contributed by atoms with Gasteiger partial charge in [-0.05, 0) is 31.0 Å². The largest absolute Gasteiger partial charge is 0.481 e. The topological polar surface area (TPSA) is 66.4 Å². The van der Waals surface area contributed by atoms with Crippen molar-refractivity contribution in [2.24, 2.45) is 11.8 Å². The van der Waals surface area contributed by atoms with Gasteiger partial charge in [-0.1, -0.05) is 12.1 Å². The summed E-state index contributed by atoms with van der Waals surface area (Å²) in [6.07, 6.45) is 0.386. The van der Waals surface area contributed by atoms with Crippen LogP contribution in [-0.2, 0) is 9.59 Å². The summed E-state index contributed by atoms with van der Waals surface area (Å²) in [6, 6.07) is 5.65. The highest BCUT2D eigenvalue weighted by Gasteiger charge is 2.48. The Morgan fingerprint density at radius 2 is 2.17 bits per heavy atom. The number of carboxylic acid groups (broad SMARTS) is 1. The number of hydrogen-bond acceptors (Lipinski definition) is 2.